The van der Waals surface area contributed by atoms with Gasteiger partial charge in [0.15, 0.2) is 0 Å². The van der Waals surface area contributed by atoms with Crippen molar-refractivity contribution in [2.24, 2.45) is 11.3 Å². The zero-order valence-corrected chi connectivity index (χ0v) is 13.1. The number of nitrogens with zero attached hydrogens (tertiary/aromatic N) is 1. The number of allylic oxidation sites excluding steroid dienone is 7. The van der Waals surface area contributed by atoms with Gasteiger partial charge in [-0.3, -0.25) is 0 Å². The van der Waals surface area contributed by atoms with E-state index in [2.05, 4.69) is 87.1 Å². The first-order valence-corrected chi connectivity index (χ1v) is 7.42. The third-order valence-electron chi connectivity index (χ3n) is 4.41. The van der Waals surface area contributed by atoms with E-state index >= 15 is 0 Å². The molecule has 0 radical (unpaired) electrons. The minimum atomic E-state index is 0.0676. The quantitative estimate of drug-likeness (QED) is 0.578. The molecule has 20 heavy (non-hydrogen) atoms. The van der Waals surface area contributed by atoms with Crippen molar-refractivity contribution in [1.29, 1.82) is 0 Å². The third kappa shape index (κ3) is 3.23. The Morgan fingerprint density at radius 1 is 1.15 bits per heavy atom. The fraction of sp³-hybridized carbons (Fsp3) is 0.421. The Kier molecular flexibility index (Phi) is 4.52. The summed E-state index contributed by atoms with van der Waals surface area (Å²) in [6, 6.07) is 0. The predicted molar refractivity (Wildman–Crippen MR) is 87.3 cm³/mol. The van der Waals surface area contributed by atoms with Crippen molar-refractivity contribution in [2.45, 2.75) is 27.2 Å². The van der Waals surface area contributed by atoms with Gasteiger partial charge in [-0.05, 0) is 18.4 Å². The van der Waals surface area contributed by atoms with E-state index in [1.165, 1.54) is 11.3 Å². The topological polar surface area (TPSA) is 3.24 Å². The van der Waals surface area contributed by atoms with Gasteiger partial charge in [0.05, 0.1) is 5.70 Å². The first-order chi connectivity index (χ1) is 9.51. The van der Waals surface area contributed by atoms with E-state index in [1.807, 2.05) is 0 Å². The van der Waals surface area contributed by atoms with Gasteiger partial charge in [0.2, 0.25) is 0 Å². The van der Waals surface area contributed by atoms with E-state index in [4.69, 9.17) is 0 Å². The Labute approximate surface area is 123 Å². The van der Waals surface area contributed by atoms with Crippen molar-refractivity contribution in [3.8, 4) is 0 Å². The molecule has 1 heteroatoms. The highest BCUT2D eigenvalue weighted by atomic mass is 15.1. The van der Waals surface area contributed by atoms with Crippen LogP contribution in [0.2, 0.25) is 0 Å². The van der Waals surface area contributed by atoms with Crippen molar-refractivity contribution in [3.05, 3.63) is 65.6 Å². The van der Waals surface area contributed by atoms with Gasteiger partial charge in [0.1, 0.15) is 0 Å². The Morgan fingerprint density at radius 2 is 1.90 bits per heavy atom. The highest BCUT2D eigenvalue weighted by Crippen LogP contribution is 2.37. The molecule has 0 aromatic rings. The second kappa shape index (κ2) is 6.15. The molecule has 2 bridgehead atoms. The van der Waals surface area contributed by atoms with Gasteiger partial charge in [0, 0.05) is 24.6 Å². The Balaban J connectivity index is 2.52. The molecular formula is C19H25N. The normalized spacial score (nSPS) is 28.6. The molecule has 2 rings (SSSR count). The molecule has 1 heterocycles. The van der Waals surface area contributed by atoms with Crippen LogP contribution in [0.5, 0.6) is 0 Å². The molecule has 106 valence electrons. The summed E-state index contributed by atoms with van der Waals surface area (Å²) < 4.78 is 0. The summed E-state index contributed by atoms with van der Waals surface area (Å²) in [6.45, 7) is 7.89. The van der Waals surface area contributed by atoms with Gasteiger partial charge in [-0.1, -0.05) is 69.0 Å². The zero-order chi connectivity index (χ0) is 14.6. The summed E-state index contributed by atoms with van der Waals surface area (Å²) >= 11 is 0. The maximum Gasteiger partial charge on any atom is 0.0800 e. The standard InChI is InChI=1S/C19H25N/c1-16-11-7-5-6-10-14-20(4)18-13-9-8-12-17(15-18)19(16,2)3/h5-9,11-13,16H,10,14H2,1-4H3/b6-5-,11-7-. The van der Waals surface area contributed by atoms with E-state index in [9.17, 15) is 0 Å². The molecule has 0 N–H and O–H groups in total. The molecule has 0 saturated heterocycles. The lowest BCUT2D eigenvalue weighted by molar-refractivity contribution is 0.350. The van der Waals surface area contributed by atoms with Gasteiger partial charge >= 0.3 is 0 Å². The van der Waals surface area contributed by atoms with Crippen molar-refractivity contribution in [1.82, 2.24) is 4.90 Å². The van der Waals surface area contributed by atoms with Gasteiger partial charge in [-0.2, -0.15) is 0 Å². The average Bonchev–Trinajstić information content (AvgIpc) is 2.67. The highest BCUT2D eigenvalue weighted by Gasteiger charge is 2.27. The highest BCUT2D eigenvalue weighted by molar-refractivity contribution is 5.37. The van der Waals surface area contributed by atoms with E-state index in [0.717, 1.165) is 13.0 Å². The van der Waals surface area contributed by atoms with Crippen molar-refractivity contribution < 1.29 is 0 Å². The smallest absolute Gasteiger partial charge is 0.0800 e. The summed E-state index contributed by atoms with van der Waals surface area (Å²) in [5.41, 5.74) is 6.14. The molecule has 0 amide bonds. The average molecular weight is 267 g/mol. The number of likely N-dealkylation sites (N-methyl/N-ethyl adjacent to an activating group) is 1. The van der Waals surface area contributed by atoms with Crippen LogP contribution in [0.3, 0.4) is 0 Å². The van der Waals surface area contributed by atoms with E-state index in [1.54, 1.807) is 0 Å². The second-order valence-electron chi connectivity index (χ2n) is 6.18. The molecule has 0 aromatic heterocycles. The molecular weight excluding hydrogens is 242 g/mol. The molecule has 1 nitrogen and oxygen atoms in total. The first-order valence-electron chi connectivity index (χ1n) is 7.42. The first kappa shape index (κ1) is 14.7. The van der Waals surface area contributed by atoms with Crippen LogP contribution < -0.4 is 0 Å². The van der Waals surface area contributed by atoms with Gasteiger partial charge in [0.25, 0.3) is 0 Å². The molecule has 0 fully saturated rings. The van der Waals surface area contributed by atoms with Crippen LogP contribution in [0.15, 0.2) is 65.6 Å². The maximum absolute atomic E-state index is 3.63. The molecule has 1 unspecified atom stereocenters. The molecule has 0 aromatic carbocycles. The predicted octanol–water partition coefficient (Wildman–Crippen LogP) is 4.63. The van der Waals surface area contributed by atoms with Crippen LogP contribution >= 0.6 is 0 Å². The molecule has 1 aliphatic carbocycles. The van der Waals surface area contributed by atoms with Crippen LogP contribution in [-0.2, 0) is 0 Å². The molecule has 1 atom stereocenters. The van der Waals surface area contributed by atoms with Gasteiger partial charge < -0.3 is 4.90 Å². The van der Waals surface area contributed by atoms with Crippen LogP contribution in [0.25, 0.3) is 0 Å². The van der Waals surface area contributed by atoms with Crippen LogP contribution in [-0.4, -0.2) is 18.5 Å². The fourth-order valence-corrected chi connectivity index (χ4v) is 2.40. The minimum Gasteiger partial charge on any atom is -0.368 e. The number of hydrogen-bond donors (Lipinski definition) is 0. The summed E-state index contributed by atoms with van der Waals surface area (Å²) in [5, 5.41) is 0. The number of rotatable bonds is 0. The number of hydrogen-bond acceptors (Lipinski definition) is 1. The lowest BCUT2D eigenvalue weighted by Crippen LogP contribution is -2.22. The van der Waals surface area contributed by atoms with E-state index in [0.29, 0.717) is 5.92 Å². The molecule has 1 aliphatic heterocycles. The molecule has 0 spiro atoms. The lowest BCUT2D eigenvalue weighted by Gasteiger charge is -2.30. The minimum absolute atomic E-state index is 0.0676. The lowest BCUT2D eigenvalue weighted by atomic mass is 9.73. The summed E-state index contributed by atoms with van der Waals surface area (Å²) in [4.78, 5) is 2.28. The maximum atomic E-state index is 3.63. The van der Waals surface area contributed by atoms with Gasteiger partial charge in [-0.15, -0.1) is 0 Å². The summed E-state index contributed by atoms with van der Waals surface area (Å²) in [5.74, 6) is 0.461. The Hall–Kier alpha value is -1.72. The van der Waals surface area contributed by atoms with Crippen LogP contribution in [0.4, 0.5) is 0 Å². The van der Waals surface area contributed by atoms with Crippen molar-refractivity contribution >= 4 is 0 Å². The Morgan fingerprint density at radius 3 is 2.70 bits per heavy atom. The Bertz CT molecular complexity index is 534. The van der Waals surface area contributed by atoms with Crippen LogP contribution in [0, 0.1) is 11.3 Å². The zero-order valence-electron chi connectivity index (χ0n) is 13.1. The second-order valence-corrected chi connectivity index (χ2v) is 6.18. The molecule has 0 saturated carbocycles. The third-order valence-corrected chi connectivity index (χ3v) is 4.41. The monoisotopic (exact) mass is 267 g/mol. The largest absolute Gasteiger partial charge is 0.368 e. The SMILES string of the molecule is CC1/C=C\C=C/CCN(C)C2=C=C(C=CC=C2)C1(C)C. The van der Waals surface area contributed by atoms with E-state index < -0.39 is 0 Å². The van der Waals surface area contributed by atoms with Gasteiger partial charge in [-0.25, -0.2) is 0 Å². The van der Waals surface area contributed by atoms with Crippen LogP contribution in [0.1, 0.15) is 27.2 Å². The fourth-order valence-electron chi connectivity index (χ4n) is 2.40. The summed E-state index contributed by atoms with van der Waals surface area (Å²) in [7, 11) is 2.14. The molecule has 2 aliphatic rings. The van der Waals surface area contributed by atoms with Crippen molar-refractivity contribution in [3.63, 3.8) is 0 Å². The summed E-state index contributed by atoms with van der Waals surface area (Å²) in [6.07, 6.45) is 18.5. The van der Waals surface area contributed by atoms with Crippen molar-refractivity contribution in [2.75, 3.05) is 13.6 Å². The van der Waals surface area contributed by atoms with E-state index in [-0.39, 0.29) is 5.41 Å².